The van der Waals surface area contributed by atoms with Crippen molar-refractivity contribution in [2.45, 2.75) is 13.0 Å². The molecule has 1 aromatic rings. The summed E-state index contributed by atoms with van der Waals surface area (Å²) in [6, 6.07) is 2.73. The lowest BCUT2D eigenvalue weighted by molar-refractivity contribution is 0.117. The molecule has 0 aliphatic rings. The third-order valence-electron chi connectivity index (χ3n) is 1.19. The van der Waals surface area contributed by atoms with Crippen molar-refractivity contribution in [3.05, 3.63) is 24.1 Å². The maximum absolute atomic E-state index is 12.8. The number of hydrogen-bond donors (Lipinski definition) is 1. The molecule has 0 radical (unpaired) electrons. The third-order valence-corrected chi connectivity index (χ3v) is 1.19. The summed E-state index contributed by atoms with van der Waals surface area (Å²) in [5.74, 6) is -0.587. The van der Waals surface area contributed by atoms with E-state index in [1.165, 1.54) is 18.3 Å². The van der Waals surface area contributed by atoms with Gasteiger partial charge < -0.3 is 9.84 Å². The van der Waals surface area contributed by atoms with Crippen molar-refractivity contribution in [1.82, 2.24) is 4.98 Å². The van der Waals surface area contributed by atoms with Crippen molar-refractivity contribution in [2.24, 2.45) is 0 Å². The zero-order valence-electron chi connectivity index (χ0n) is 6.70. The summed E-state index contributed by atoms with van der Waals surface area (Å²) in [6.45, 7) is 1.61. The van der Waals surface area contributed by atoms with E-state index in [9.17, 15) is 4.39 Å². The second-order valence-electron chi connectivity index (χ2n) is 2.45. The molecule has 0 bridgehead atoms. The Balaban J connectivity index is 2.57. The normalized spacial score (nSPS) is 12.6. The Labute approximate surface area is 69.8 Å². The molecule has 12 heavy (non-hydrogen) atoms. The minimum atomic E-state index is -0.619. The molecular weight excluding hydrogens is 161 g/mol. The van der Waals surface area contributed by atoms with Gasteiger partial charge in [-0.2, -0.15) is 0 Å². The fraction of sp³-hybridized carbons (Fsp3) is 0.375. The van der Waals surface area contributed by atoms with Gasteiger partial charge in [0.05, 0.1) is 6.10 Å². The van der Waals surface area contributed by atoms with Crippen molar-refractivity contribution in [3.8, 4) is 5.88 Å². The van der Waals surface area contributed by atoms with Gasteiger partial charge >= 0.3 is 0 Å². The molecule has 1 unspecified atom stereocenters. The van der Waals surface area contributed by atoms with E-state index >= 15 is 0 Å². The molecule has 1 N–H and O–H groups in total. The summed E-state index contributed by atoms with van der Waals surface area (Å²) in [5, 5.41) is 8.83. The van der Waals surface area contributed by atoms with Crippen LogP contribution in [0.1, 0.15) is 6.92 Å². The summed E-state index contributed by atoms with van der Waals surface area (Å²) < 4.78 is 17.6. The lowest BCUT2D eigenvalue weighted by Gasteiger charge is -2.06. The smallest absolute Gasteiger partial charge is 0.250 e. The second-order valence-corrected chi connectivity index (χ2v) is 2.45. The van der Waals surface area contributed by atoms with Gasteiger partial charge in [-0.25, -0.2) is 9.37 Å². The first-order chi connectivity index (χ1) is 5.70. The Kier molecular flexibility index (Phi) is 2.99. The summed E-state index contributed by atoms with van der Waals surface area (Å²) in [5.41, 5.74) is 0. The number of aliphatic hydroxyl groups excluding tert-OH is 1. The van der Waals surface area contributed by atoms with Crippen molar-refractivity contribution >= 4 is 0 Å². The third kappa shape index (κ3) is 2.47. The highest BCUT2D eigenvalue weighted by atomic mass is 19.1. The van der Waals surface area contributed by atoms with Crippen LogP contribution in [0.5, 0.6) is 5.88 Å². The minimum Gasteiger partial charge on any atom is -0.473 e. The fourth-order valence-electron chi connectivity index (χ4n) is 0.677. The average Bonchev–Trinajstić information content (AvgIpc) is 2.03. The number of aromatic nitrogens is 1. The van der Waals surface area contributed by atoms with Crippen LogP contribution in [0, 0.1) is 5.82 Å². The molecular formula is C8H10FNO2. The van der Waals surface area contributed by atoms with E-state index in [0.717, 1.165) is 0 Å². The number of hydrogen-bond acceptors (Lipinski definition) is 3. The van der Waals surface area contributed by atoms with Crippen LogP contribution < -0.4 is 4.74 Å². The van der Waals surface area contributed by atoms with Crippen molar-refractivity contribution in [1.29, 1.82) is 0 Å². The van der Waals surface area contributed by atoms with Gasteiger partial charge in [0.15, 0.2) is 5.82 Å². The Bertz CT molecular complexity index is 253. The van der Waals surface area contributed by atoms with Gasteiger partial charge in [0.1, 0.15) is 6.61 Å². The Hall–Kier alpha value is -1.16. The lowest BCUT2D eigenvalue weighted by atomic mass is 10.4. The molecule has 0 fully saturated rings. The topological polar surface area (TPSA) is 42.4 Å². The molecule has 0 spiro atoms. The molecule has 0 amide bonds. The molecule has 1 atom stereocenters. The van der Waals surface area contributed by atoms with E-state index in [-0.39, 0.29) is 12.5 Å². The summed E-state index contributed by atoms with van der Waals surface area (Å²) in [7, 11) is 0. The Morgan fingerprint density at radius 3 is 3.08 bits per heavy atom. The summed E-state index contributed by atoms with van der Waals surface area (Å²) in [6.07, 6.45) is 0.812. The first-order valence-electron chi connectivity index (χ1n) is 3.61. The fourth-order valence-corrected chi connectivity index (χ4v) is 0.677. The predicted molar refractivity (Wildman–Crippen MR) is 41.4 cm³/mol. The second kappa shape index (κ2) is 4.01. The van der Waals surface area contributed by atoms with Crippen LogP contribution in [0.2, 0.25) is 0 Å². The van der Waals surface area contributed by atoms with Crippen molar-refractivity contribution in [2.75, 3.05) is 6.61 Å². The van der Waals surface area contributed by atoms with Gasteiger partial charge in [0.2, 0.25) is 5.88 Å². The standard InChI is InChI=1S/C8H10FNO2/c1-6(11)5-12-8-7(9)3-2-4-10-8/h2-4,6,11H,5H2,1H3. The van der Waals surface area contributed by atoms with E-state index in [4.69, 9.17) is 9.84 Å². The van der Waals surface area contributed by atoms with Gasteiger partial charge in [0.25, 0.3) is 0 Å². The van der Waals surface area contributed by atoms with Gasteiger partial charge in [-0.05, 0) is 19.1 Å². The lowest BCUT2D eigenvalue weighted by Crippen LogP contribution is -2.14. The maximum atomic E-state index is 12.8. The summed E-state index contributed by atoms with van der Waals surface area (Å²) >= 11 is 0. The zero-order chi connectivity index (χ0) is 8.97. The zero-order valence-corrected chi connectivity index (χ0v) is 6.70. The molecule has 1 rings (SSSR count). The van der Waals surface area contributed by atoms with Crippen LogP contribution in [0.25, 0.3) is 0 Å². The number of halogens is 1. The van der Waals surface area contributed by atoms with E-state index in [1.807, 2.05) is 0 Å². The molecule has 0 saturated carbocycles. The molecule has 0 aromatic carbocycles. The SMILES string of the molecule is CC(O)COc1ncccc1F. The van der Waals surface area contributed by atoms with E-state index in [1.54, 1.807) is 6.92 Å². The number of pyridine rings is 1. The van der Waals surface area contributed by atoms with Crippen molar-refractivity contribution in [3.63, 3.8) is 0 Å². The average molecular weight is 171 g/mol. The molecule has 4 heteroatoms. The quantitative estimate of drug-likeness (QED) is 0.737. The van der Waals surface area contributed by atoms with Crippen LogP contribution in [-0.2, 0) is 0 Å². The number of rotatable bonds is 3. The highest BCUT2D eigenvalue weighted by Gasteiger charge is 2.04. The molecule has 66 valence electrons. The number of ether oxygens (including phenoxy) is 1. The number of nitrogens with zero attached hydrogens (tertiary/aromatic N) is 1. The van der Waals surface area contributed by atoms with Crippen molar-refractivity contribution < 1.29 is 14.2 Å². The van der Waals surface area contributed by atoms with E-state index in [2.05, 4.69) is 4.98 Å². The first kappa shape index (κ1) is 8.93. The molecule has 3 nitrogen and oxygen atoms in total. The first-order valence-corrected chi connectivity index (χ1v) is 3.61. The van der Waals surface area contributed by atoms with Gasteiger partial charge in [-0.15, -0.1) is 0 Å². The molecule has 0 aliphatic carbocycles. The molecule has 1 heterocycles. The van der Waals surface area contributed by atoms with Crippen LogP contribution in [0.4, 0.5) is 4.39 Å². The molecule has 0 aliphatic heterocycles. The Morgan fingerprint density at radius 2 is 2.50 bits per heavy atom. The van der Waals surface area contributed by atoms with Gasteiger partial charge in [0, 0.05) is 6.20 Å². The van der Waals surface area contributed by atoms with Crippen LogP contribution >= 0.6 is 0 Å². The van der Waals surface area contributed by atoms with E-state index < -0.39 is 11.9 Å². The molecule has 0 saturated heterocycles. The van der Waals surface area contributed by atoms with Gasteiger partial charge in [-0.3, -0.25) is 0 Å². The molecule has 1 aromatic heterocycles. The highest BCUT2D eigenvalue weighted by molar-refractivity contribution is 5.12. The predicted octanol–water partition coefficient (Wildman–Crippen LogP) is 0.980. The van der Waals surface area contributed by atoms with Crippen LogP contribution in [0.3, 0.4) is 0 Å². The van der Waals surface area contributed by atoms with Crippen LogP contribution in [-0.4, -0.2) is 22.8 Å². The van der Waals surface area contributed by atoms with Crippen LogP contribution in [0.15, 0.2) is 18.3 Å². The Morgan fingerprint density at radius 1 is 1.75 bits per heavy atom. The number of aliphatic hydroxyl groups is 1. The minimum absolute atomic E-state index is 0.0495. The largest absolute Gasteiger partial charge is 0.473 e. The monoisotopic (exact) mass is 171 g/mol. The van der Waals surface area contributed by atoms with E-state index in [0.29, 0.717) is 0 Å². The maximum Gasteiger partial charge on any atom is 0.250 e. The summed E-state index contributed by atoms with van der Waals surface area (Å²) in [4.78, 5) is 3.64. The van der Waals surface area contributed by atoms with Gasteiger partial charge in [-0.1, -0.05) is 0 Å². The highest BCUT2D eigenvalue weighted by Crippen LogP contribution is 2.11.